The number of alkyl halides is 3. The number of hydrogen-bond acceptors (Lipinski definition) is 4. The molecule has 0 aliphatic carbocycles. The number of halogens is 4. The summed E-state index contributed by atoms with van der Waals surface area (Å²) in [6.07, 6.45) is -4.43. The lowest BCUT2D eigenvalue weighted by Gasteiger charge is -2.11. The smallest absolute Gasteiger partial charge is 0.357 e. The van der Waals surface area contributed by atoms with Crippen LogP contribution in [0.2, 0.25) is 0 Å². The molecule has 1 heterocycles. The molecule has 4 nitrogen and oxygen atoms in total. The van der Waals surface area contributed by atoms with Crippen molar-refractivity contribution < 1.29 is 17.6 Å². The van der Waals surface area contributed by atoms with E-state index in [-0.39, 0.29) is 12.4 Å². The quantitative estimate of drug-likeness (QED) is 0.290. The number of hydrogen-bond donors (Lipinski definition) is 2. The van der Waals surface area contributed by atoms with E-state index in [1.807, 2.05) is 6.92 Å². The van der Waals surface area contributed by atoms with Gasteiger partial charge < -0.3 is 10.6 Å². The number of thiazole rings is 1. The van der Waals surface area contributed by atoms with Gasteiger partial charge in [-0.15, -0.1) is 11.3 Å². The van der Waals surface area contributed by atoms with Gasteiger partial charge in [0.25, 0.3) is 0 Å². The molecule has 1 aromatic heterocycles. The highest BCUT2D eigenvalue weighted by atomic mass is 32.2. The molecule has 2 aromatic rings. The van der Waals surface area contributed by atoms with Gasteiger partial charge in [0, 0.05) is 30.0 Å². The molecule has 0 unspecified atom stereocenters. The van der Waals surface area contributed by atoms with Crippen LogP contribution in [0.4, 0.5) is 17.6 Å². The van der Waals surface area contributed by atoms with Crippen LogP contribution in [-0.2, 0) is 18.5 Å². The van der Waals surface area contributed by atoms with Crippen molar-refractivity contribution in [2.24, 2.45) is 4.99 Å². The zero-order chi connectivity index (χ0) is 19.7. The third-order valence-electron chi connectivity index (χ3n) is 3.31. The molecule has 2 rings (SSSR count). The lowest BCUT2D eigenvalue weighted by Crippen LogP contribution is -2.38. The first-order valence-corrected chi connectivity index (χ1v) is 10.3. The lowest BCUT2D eigenvalue weighted by molar-refractivity contribution is -0.140. The van der Waals surface area contributed by atoms with Crippen molar-refractivity contribution >= 4 is 29.1 Å². The summed E-state index contributed by atoms with van der Waals surface area (Å²) in [6, 6.07) is 6.65. The largest absolute Gasteiger partial charge is 0.434 e. The van der Waals surface area contributed by atoms with Gasteiger partial charge in [0.15, 0.2) is 11.7 Å². The van der Waals surface area contributed by atoms with E-state index in [0.717, 1.165) is 22.5 Å². The Bertz CT molecular complexity index is 747. The van der Waals surface area contributed by atoms with Gasteiger partial charge in [0.2, 0.25) is 0 Å². The van der Waals surface area contributed by atoms with Crippen LogP contribution in [0, 0.1) is 5.82 Å². The molecular formula is C17H20F4N4S2. The second-order valence-corrected chi connectivity index (χ2v) is 7.44. The summed E-state index contributed by atoms with van der Waals surface area (Å²) >= 11 is 2.51. The maximum Gasteiger partial charge on any atom is 0.434 e. The van der Waals surface area contributed by atoms with Crippen molar-refractivity contribution in [2.45, 2.75) is 25.4 Å². The van der Waals surface area contributed by atoms with Gasteiger partial charge in [-0.3, -0.25) is 0 Å². The van der Waals surface area contributed by atoms with Gasteiger partial charge in [0.1, 0.15) is 10.8 Å². The second kappa shape index (κ2) is 10.5. The molecule has 0 amide bonds. The van der Waals surface area contributed by atoms with Crippen LogP contribution in [-0.4, -0.2) is 29.8 Å². The van der Waals surface area contributed by atoms with Gasteiger partial charge in [0.05, 0.1) is 6.54 Å². The van der Waals surface area contributed by atoms with E-state index < -0.39 is 11.9 Å². The molecule has 0 aliphatic rings. The van der Waals surface area contributed by atoms with Crippen LogP contribution in [0.3, 0.4) is 0 Å². The molecule has 10 heteroatoms. The van der Waals surface area contributed by atoms with E-state index in [4.69, 9.17) is 0 Å². The van der Waals surface area contributed by atoms with Crippen molar-refractivity contribution in [1.82, 2.24) is 15.6 Å². The Kier molecular flexibility index (Phi) is 8.36. The van der Waals surface area contributed by atoms with Gasteiger partial charge >= 0.3 is 6.18 Å². The summed E-state index contributed by atoms with van der Waals surface area (Å²) < 4.78 is 51.2. The van der Waals surface area contributed by atoms with Gasteiger partial charge in [-0.2, -0.15) is 24.9 Å². The Morgan fingerprint density at radius 2 is 2.04 bits per heavy atom. The van der Waals surface area contributed by atoms with E-state index in [0.29, 0.717) is 35.4 Å². The molecule has 0 atom stereocenters. The van der Waals surface area contributed by atoms with E-state index in [2.05, 4.69) is 20.6 Å². The minimum atomic E-state index is -4.43. The predicted octanol–water partition coefficient (Wildman–Crippen LogP) is 4.29. The van der Waals surface area contributed by atoms with Crippen LogP contribution < -0.4 is 10.6 Å². The first-order valence-electron chi connectivity index (χ1n) is 8.25. The topological polar surface area (TPSA) is 49.3 Å². The molecule has 27 heavy (non-hydrogen) atoms. The number of nitrogens with one attached hydrogen (secondary N) is 2. The molecule has 0 fully saturated rings. The number of aromatic nitrogens is 1. The SMILES string of the molecule is CCNC(=NCc1nc(C(F)(F)F)cs1)NCCSCc1ccccc1F. The summed E-state index contributed by atoms with van der Waals surface area (Å²) in [5.41, 5.74) is -0.229. The first kappa shape index (κ1) is 21.5. The van der Waals surface area contributed by atoms with Crippen LogP contribution in [0.15, 0.2) is 34.6 Å². The third kappa shape index (κ3) is 7.37. The van der Waals surface area contributed by atoms with Crippen LogP contribution in [0.5, 0.6) is 0 Å². The molecule has 0 saturated carbocycles. The number of benzene rings is 1. The van der Waals surface area contributed by atoms with Crippen molar-refractivity contribution in [1.29, 1.82) is 0 Å². The molecule has 2 N–H and O–H groups in total. The number of nitrogens with zero attached hydrogens (tertiary/aromatic N) is 2. The van der Waals surface area contributed by atoms with Gasteiger partial charge in [-0.1, -0.05) is 18.2 Å². The number of guanidine groups is 1. The Balaban J connectivity index is 1.78. The standard InChI is InChI=1S/C17H20F4N4S2/c1-2-22-16(24-9-15-25-14(11-27-15)17(19,20)21)23-7-8-26-10-12-5-3-4-6-13(12)18/h3-6,11H,2,7-10H2,1H3,(H2,22,23,24). The normalized spacial score (nSPS) is 12.3. The molecule has 148 valence electrons. The average molecular weight is 421 g/mol. The van der Waals surface area contributed by atoms with Crippen molar-refractivity contribution in [3.05, 3.63) is 51.7 Å². The van der Waals surface area contributed by atoms with Crippen LogP contribution >= 0.6 is 23.1 Å². The van der Waals surface area contributed by atoms with E-state index in [1.54, 1.807) is 30.0 Å². The highest BCUT2D eigenvalue weighted by Gasteiger charge is 2.33. The van der Waals surface area contributed by atoms with Crippen molar-refractivity contribution in [3.8, 4) is 0 Å². The Morgan fingerprint density at radius 3 is 2.70 bits per heavy atom. The number of thioether (sulfide) groups is 1. The Morgan fingerprint density at radius 1 is 1.26 bits per heavy atom. The zero-order valence-electron chi connectivity index (χ0n) is 14.6. The monoisotopic (exact) mass is 420 g/mol. The number of rotatable bonds is 8. The summed E-state index contributed by atoms with van der Waals surface area (Å²) in [4.78, 5) is 7.81. The molecule has 0 saturated heterocycles. The fourth-order valence-electron chi connectivity index (χ4n) is 2.04. The lowest BCUT2D eigenvalue weighted by atomic mass is 10.2. The summed E-state index contributed by atoms with van der Waals surface area (Å²) in [5.74, 6) is 1.59. The van der Waals surface area contributed by atoms with Crippen molar-refractivity contribution in [3.63, 3.8) is 0 Å². The third-order valence-corrected chi connectivity index (χ3v) is 5.15. The first-order chi connectivity index (χ1) is 12.9. The molecule has 1 aromatic carbocycles. The fraction of sp³-hybridized carbons (Fsp3) is 0.412. The summed E-state index contributed by atoms with van der Waals surface area (Å²) in [5, 5.41) is 7.43. The Hall–Kier alpha value is -1.81. The zero-order valence-corrected chi connectivity index (χ0v) is 16.3. The van der Waals surface area contributed by atoms with Gasteiger partial charge in [-0.25, -0.2) is 14.4 Å². The predicted molar refractivity (Wildman–Crippen MR) is 102 cm³/mol. The van der Waals surface area contributed by atoms with E-state index in [1.165, 1.54) is 6.07 Å². The summed E-state index contributed by atoms with van der Waals surface area (Å²) in [6.45, 7) is 3.18. The summed E-state index contributed by atoms with van der Waals surface area (Å²) in [7, 11) is 0. The molecule has 0 aliphatic heterocycles. The highest BCUT2D eigenvalue weighted by Crippen LogP contribution is 2.30. The minimum absolute atomic E-state index is 0.0679. The van der Waals surface area contributed by atoms with E-state index in [9.17, 15) is 17.6 Å². The maximum atomic E-state index is 13.5. The molecule has 0 bridgehead atoms. The molecule has 0 spiro atoms. The highest BCUT2D eigenvalue weighted by molar-refractivity contribution is 7.98. The van der Waals surface area contributed by atoms with E-state index >= 15 is 0 Å². The molecular weight excluding hydrogens is 400 g/mol. The fourth-order valence-corrected chi connectivity index (χ4v) is 3.61. The Labute approximate surface area is 163 Å². The van der Waals surface area contributed by atoms with Crippen LogP contribution in [0.25, 0.3) is 0 Å². The van der Waals surface area contributed by atoms with Gasteiger partial charge in [-0.05, 0) is 18.6 Å². The second-order valence-electron chi connectivity index (χ2n) is 5.39. The van der Waals surface area contributed by atoms with Crippen molar-refractivity contribution in [2.75, 3.05) is 18.8 Å². The average Bonchev–Trinajstić information content (AvgIpc) is 3.10. The van der Waals surface area contributed by atoms with Crippen LogP contribution in [0.1, 0.15) is 23.2 Å². The number of aliphatic imine (C=N–C) groups is 1. The molecule has 0 radical (unpaired) electrons. The minimum Gasteiger partial charge on any atom is -0.357 e. The maximum absolute atomic E-state index is 13.5.